The first-order valence-corrected chi connectivity index (χ1v) is 10.9. The molecule has 0 spiro atoms. The van der Waals surface area contributed by atoms with E-state index in [9.17, 15) is 4.79 Å². The van der Waals surface area contributed by atoms with Crippen LogP contribution in [-0.4, -0.2) is 33.4 Å². The summed E-state index contributed by atoms with van der Waals surface area (Å²) in [5, 5.41) is 5.36. The van der Waals surface area contributed by atoms with E-state index in [2.05, 4.69) is 10.1 Å². The Labute approximate surface area is 192 Å². The summed E-state index contributed by atoms with van der Waals surface area (Å²) in [5.74, 6) is -0.361. The zero-order valence-corrected chi connectivity index (χ0v) is 19.0. The minimum absolute atomic E-state index is 0.152. The highest BCUT2D eigenvalue weighted by atomic mass is 35.5. The van der Waals surface area contributed by atoms with Crippen molar-refractivity contribution in [2.24, 2.45) is 0 Å². The summed E-state index contributed by atoms with van der Waals surface area (Å²) >= 11 is 12.5. The monoisotopic (exact) mass is 461 g/mol. The Morgan fingerprint density at radius 3 is 2.65 bits per heavy atom. The molecule has 3 rings (SSSR count). The van der Waals surface area contributed by atoms with E-state index >= 15 is 0 Å². The lowest BCUT2D eigenvalue weighted by atomic mass is 10.0. The van der Waals surface area contributed by atoms with Gasteiger partial charge in [0.2, 0.25) is 5.82 Å². The average molecular weight is 462 g/mol. The molecule has 3 aromatic rings. The summed E-state index contributed by atoms with van der Waals surface area (Å²) in [5.41, 5.74) is 1.99. The minimum Gasteiger partial charge on any atom is -0.460 e. The molecule has 0 radical (unpaired) electrons. The fourth-order valence-corrected chi connectivity index (χ4v) is 3.76. The number of nitrogens with zero attached hydrogens (tertiary/aromatic N) is 3. The van der Waals surface area contributed by atoms with E-state index in [1.807, 2.05) is 49.4 Å². The third-order valence-electron chi connectivity index (χ3n) is 4.98. The summed E-state index contributed by atoms with van der Waals surface area (Å²) < 4.78 is 12.9. The van der Waals surface area contributed by atoms with E-state index in [1.54, 1.807) is 17.7 Å². The lowest BCUT2D eigenvalue weighted by Gasteiger charge is -2.26. The van der Waals surface area contributed by atoms with Crippen molar-refractivity contribution in [1.82, 2.24) is 14.8 Å². The van der Waals surface area contributed by atoms with Crippen molar-refractivity contribution in [2.45, 2.75) is 45.4 Å². The van der Waals surface area contributed by atoms with Gasteiger partial charge in [0.1, 0.15) is 6.33 Å². The van der Waals surface area contributed by atoms with E-state index in [1.165, 1.54) is 6.33 Å². The fraction of sp³-hybridized carbons (Fsp3) is 0.348. The van der Waals surface area contributed by atoms with Gasteiger partial charge in [-0.2, -0.15) is 5.10 Å². The molecule has 0 saturated carbocycles. The molecule has 1 heterocycles. The quantitative estimate of drug-likeness (QED) is 0.370. The van der Waals surface area contributed by atoms with Crippen molar-refractivity contribution in [1.29, 1.82) is 0 Å². The summed E-state index contributed by atoms with van der Waals surface area (Å²) in [4.78, 5) is 16.5. The second-order valence-electron chi connectivity index (χ2n) is 7.07. The molecule has 31 heavy (non-hydrogen) atoms. The van der Waals surface area contributed by atoms with Crippen molar-refractivity contribution in [3.05, 3.63) is 81.9 Å². The third kappa shape index (κ3) is 6.06. The Morgan fingerprint density at radius 2 is 1.90 bits per heavy atom. The highest BCUT2D eigenvalue weighted by Gasteiger charge is 2.27. The average Bonchev–Trinajstić information content (AvgIpc) is 3.26. The van der Waals surface area contributed by atoms with Crippen LogP contribution in [-0.2, 0) is 22.5 Å². The molecule has 0 saturated heterocycles. The van der Waals surface area contributed by atoms with E-state index < -0.39 is 5.97 Å². The lowest BCUT2D eigenvalue weighted by molar-refractivity contribution is 0.00932. The van der Waals surface area contributed by atoms with E-state index in [4.69, 9.17) is 32.7 Å². The Kier molecular flexibility index (Phi) is 8.46. The van der Waals surface area contributed by atoms with Crippen molar-refractivity contribution in [3.8, 4) is 0 Å². The first-order chi connectivity index (χ1) is 15.0. The molecule has 8 heteroatoms. The zero-order valence-electron chi connectivity index (χ0n) is 17.5. The number of ether oxygens (including phenoxy) is 2. The predicted octanol–water partition coefficient (Wildman–Crippen LogP) is 5.54. The molecule has 2 atom stereocenters. The van der Waals surface area contributed by atoms with Crippen molar-refractivity contribution in [3.63, 3.8) is 0 Å². The second-order valence-corrected chi connectivity index (χ2v) is 7.85. The first-order valence-electron chi connectivity index (χ1n) is 10.2. The Hall–Kier alpha value is -2.41. The van der Waals surface area contributed by atoms with Gasteiger partial charge in [0, 0.05) is 0 Å². The molecular weight excluding hydrogens is 437 g/mol. The van der Waals surface area contributed by atoms with Crippen LogP contribution in [0.4, 0.5) is 0 Å². The van der Waals surface area contributed by atoms with Crippen LogP contribution in [0.5, 0.6) is 0 Å². The summed E-state index contributed by atoms with van der Waals surface area (Å²) in [7, 11) is 0. The predicted molar refractivity (Wildman–Crippen MR) is 120 cm³/mol. The van der Waals surface area contributed by atoms with Gasteiger partial charge in [0.15, 0.2) is 0 Å². The van der Waals surface area contributed by atoms with Crippen molar-refractivity contribution in [2.75, 3.05) is 6.61 Å². The molecule has 6 nitrogen and oxygen atoms in total. The number of benzene rings is 2. The molecule has 0 fully saturated rings. The van der Waals surface area contributed by atoms with Crippen LogP contribution >= 0.6 is 23.2 Å². The van der Waals surface area contributed by atoms with Crippen LogP contribution in [0.25, 0.3) is 0 Å². The summed E-state index contributed by atoms with van der Waals surface area (Å²) in [6, 6.07) is 15.2. The van der Waals surface area contributed by atoms with Gasteiger partial charge in [0.05, 0.1) is 35.4 Å². The van der Waals surface area contributed by atoms with Crippen LogP contribution in [0.15, 0.2) is 54.9 Å². The molecule has 0 aliphatic carbocycles. The molecule has 1 aromatic heterocycles. The van der Waals surface area contributed by atoms with Crippen LogP contribution in [0, 0.1) is 0 Å². The number of aryl methyl sites for hydroxylation is 1. The second kappa shape index (κ2) is 11.3. The molecule has 0 bridgehead atoms. The molecule has 2 aromatic carbocycles. The minimum atomic E-state index is -0.513. The van der Waals surface area contributed by atoms with E-state index in [0.717, 1.165) is 11.1 Å². The van der Waals surface area contributed by atoms with Gasteiger partial charge in [-0.05, 0) is 43.9 Å². The fourth-order valence-electron chi connectivity index (χ4n) is 3.35. The normalized spacial score (nSPS) is 13.0. The maximum Gasteiger partial charge on any atom is 0.376 e. The first kappa shape index (κ1) is 23.3. The van der Waals surface area contributed by atoms with Gasteiger partial charge in [0.25, 0.3) is 0 Å². The Morgan fingerprint density at radius 1 is 1.13 bits per heavy atom. The maximum absolute atomic E-state index is 12.4. The topological polar surface area (TPSA) is 66.2 Å². The van der Waals surface area contributed by atoms with Crippen LogP contribution in [0.3, 0.4) is 0 Å². The van der Waals surface area contributed by atoms with Crippen molar-refractivity contribution >= 4 is 29.2 Å². The van der Waals surface area contributed by atoms with Gasteiger partial charge < -0.3 is 9.47 Å². The summed E-state index contributed by atoms with van der Waals surface area (Å²) in [6.07, 6.45) is 2.35. The third-order valence-corrected chi connectivity index (χ3v) is 5.84. The Bertz CT molecular complexity index is 995. The van der Waals surface area contributed by atoms with Crippen LogP contribution in [0.2, 0.25) is 10.0 Å². The SMILES string of the molecule is CCOC(=O)c1ncnn1C(CCc1cccc(Cl)c1Cl)C(C)OCc1ccccc1. The standard InChI is InChI=1S/C23H25Cl2N3O3/c1-3-30-23(29)22-26-15-27-28(22)20(13-12-18-10-7-11-19(24)21(18)25)16(2)31-14-17-8-5-4-6-9-17/h4-11,15-16,20H,3,12-14H2,1-2H3. The smallest absolute Gasteiger partial charge is 0.376 e. The van der Waals surface area contributed by atoms with E-state index in [-0.39, 0.29) is 24.6 Å². The highest BCUT2D eigenvalue weighted by molar-refractivity contribution is 6.42. The molecule has 2 unspecified atom stereocenters. The number of hydrogen-bond acceptors (Lipinski definition) is 5. The largest absolute Gasteiger partial charge is 0.460 e. The molecule has 164 valence electrons. The van der Waals surface area contributed by atoms with Gasteiger partial charge >= 0.3 is 5.97 Å². The number of carbonyl (C=O) groups is 1. The van der Waals surface area contributed by atoms with Gasteiger partial charge in [-0.1, -0.05) is 65.7 Å². The molecule has 0 aliphatic rings. The van der Waals surface area contributed by atoms with Gasteiger partial charge in [-0.3, -0.25) is 0 Å². The lowest BCUT2D eigenvalue weighted by Crippen LogP contribution is -2.29. The number of aromatic nitrogens is 3. The van der Waals surface area contributed by atoms with Gasteiger partial charge in [-0.15, -0.1) is 0 Å². The maximum atomic E-state index is 12.4. The highest BCUT2D eigenvalue weighted by Crippen LogP contribution is 2.29. The summed E-state index contributed by atoms with van der Waals surface area (Å²) in [6.45, 7) is 4.42. The number of rotatable bonds is 10. The molecular formula is C23H25Cl2N3O3. The zero-order chi connectivity index (χ0) is 22.2. The number of hydrogen-bond donors (Lipinski definition) is 0. The molecule has 0 aliphatic heterocycles. The number of esters is 1. The van der Waals surface area contributed by atoms with Crippen molar-refractivity contribution < 1.29 is 14.3 Å². The Balaban J connectivity index is 1.82. The van der Waals surface area contributed by atoms with Crippen LogP contribution in [0.1, 0.15) is 48.1 Å². The molecule has 0 N–H and O–H groups in total. The van der Waals surface area contributed by atoms with Gasteiger partial charge in [-0.25, -0.2) is 14.5 Å². The molecule has 0 amide bonds. The van der Waals surface area contributed by atoms with E-state index in [0.29, 0.717) is 29.5 Å². The van der Waals surface area contributed by atoms with Crippen LogP contribution < -0.4 is 0 Å². The number of halogens is 2. The number of carbonyl (C=O) groups excluding carboxylic acids is 1.